The molecule has 6 heteroatoms. The van der Waals surface area contributed by atoms with E-state index < -0.39 is 11.7 Å². The minimum Gasteiger partial charge on any atom is -0.385 e. The van der Waals surface area contributed by atoms with Crippen LogP contribution in [0.3, 0.4) is 0 Å². The zero-order chi connectivity index (χ0) is 14.6. The van der Waals surface area contributed by atoms with Crippen LogP contribution in [0.15, 0.2) is 36.7 Å². The Labute approximate surface area is 116 Å². The third-order valence-corrected chi connectivity index (χ3v) is 3.15. The molecule has 1 N–H and O–H groups in total. The average molecular weight is 286 g/mol. The second kappa shape index (κ2) is 6.17. The van der Waals surface area contributed by atoms with Crippen LogP contribution in [-0.4, -0.2) is 25.2 Å². The smallest absolute Gasteiger partial charge is 0.385 e. The van der Waals surface area contributed by atoms with Gasteiger partial charge in [-0.25, -0.2) is 0 Å². The van der Waals surface area contributed by atoms with E-state index in [0.717, 1.165) is 19.0 Å². The Balaban J connectivity index is 2.10. The molecule has 1 heterocycles. The number of rotatable bonds is 5. The molecule has 2 rings (SSSR count). The zero-order valence-corrected chi connectivity index (χ0v) is 11.2. The predicted molar refractivity (Wildman–Crippen MR) is 69.7 cm³/mol. The molecule has 20 heavy (non-hydrogen) atoms. The van der Waals surface area contributed by atoms with Crippen LogP contribution in [0.1, 0.15) is 23.7 Å². The van der Waals surface area contributed by atoms with E-state index in [1.165, 1.54) is 12.1 Å². The van der Waals surface area contributed by atoms with Gasteiger partial charge in [-0.05, 0) is 24.1 Å². The highest BCUT2D eigenvalue weighted by Gasteiger charge is 2.31. The van der Waals surface area contributed by atoms with Gasteiger partial charge in [0.25, 0.3) is 0 Å². The maximum atomic E-state index is 12.7. The summed E-state index contributed by atoms with van der Waals surface area (Å²) < 4.78 is 43.2. The summed E-state index contributed by atoms with van der Waals surface area (Å²) >= 11 is 0. The summed E-state index contributed by atoms with van der Waals surface area (Å²) in [5.74, 6) is 0. The van der Waals surface area contributed by atoms with Crippen LogP contribution in [-0.2, 0) is 10.9 Å². The molecule has 1 atom stereocenters. The lowest BCUT2D eigenvalue weighted by atomic mass is 10.1. The summed E-state index contributed by atoms with van der Waals surface area (Å²) in [6.45, 7) is 1.35. The molecule has 0 fully saturated rings. The number of nitrogens with zero attached hydrogens (tertiary/aromatic N) is 1. The Bertz CT molecular complexity index is 474. The molecule has 1 aliphatic rings. The number of ether oxygens (including phenoxy) is 1. The van der Waals surface area contributed by atoms with Gasteiger partial charge in [-0.3, -0.25) is 0 Å². The van der Waals surface area contributed by atoms with Gasteiger partial charge in [0.2, 0.25) is 0 Å². The van der Waals surface area contributed by atoms with Crippen molar-refractivity contribution in [1.29, 1.82) is 0 Å². The highest BCUT2D eigenvalue weighted by atomic mass is 19.4. The van der Waals surface area contributed by atoms with Crippen molar-refractivity contribution in [1.82, 2.24) is 10.2 Å². The molecule has 3 nitrogen and oxygen atoms in total. The first-order chi connectivity index (χ1) is 9.52. The minimum atomic E-state index is -4.32. The monoisotopic (exact) mass is 286 g/mol. The molecule has 0 radical (unpaired) electrons. The number of alkyl halides is 3. The third kappa shape index (κ3) is 3.45. The number of hydrogen-bond donors (Lipinski definition) is 1. The summed E-state index contributed by atoms with van der Waals surface area (Å²) in [4.78, 5) is 1.97. The Morgan fingerprint density at radius 2 is 2.15 bits per heavy atom. The molecule has 0 saturated carbocycles. The van der Waals surface area contributed by atoms with Crippen molar-refractivity contribution < 1.29 is 17.9 Å². The van der Waals surface area contributed by atoms with E-state index in [9.17, 15) is 13.2 Å². The minimum absolute atomic E-state index is 0.255. The van der Waals surface area contributed by atoms with Gasteiger partial charge >= 0.3 is 6.18 Å². The van der Waals surface area contributed by atoms with Crippen molar-refractivity contribution in [2.24, 2.45) is 0 Å². The van der Waals surface area contributed by atoms with E-state index in [2.05, 4.69) is 5.32 Å². The number of benzene rings is 1. The zero-order valence-electron chi connectivity index (χ0n) is 11.2. The summed E-state index contributed by atoms with van der Waals surface area (Å²) in [5, 5.41) is 3.07. The SMILES string of the molecule is COCCCN1C=CNC1c1cccc(C(F)(F)F)c1. The van der Waals surface area contributed by atoms with Crippen molar-refractivity contribution >= 4 is 0 Å². The highest BCUT2D eigenvalue weighted by Crippen LogP contribution is 2.32. The van der Waals surface area contributed by atoms with Gasteiger partial charge in [0, 0.05) is 32.7 Å². The van der Waals surface area contributed by atoms with Crippen LogP contribution in [0.5, 0.6) is 0 Å². The van der Waals surface area contributed by atoms with Crippen LogP contribution < -0.4 is 5.32 Å². The molecule has 0 aromatic heterocycles. The number of nitrogens with one attached hydrogen (secondary N) is 1. The lowest BCUT2D eigenvalue weighted by Gasteiger charge is -2.26. The molecule has 1 aromatic carbocycles. The fraction of sp³-hybridized carbons (Fsp3) is 0.429. The summed E-state index contributed by atoms with van der Waals surface area (Å²) in [6.07, 6.45) is -0.159. The molecule has 1 aromatic rings. The van der Waals surface area contributed by atoms with Crippen LogP contribution in [0.4, 0.5) is 13.2 Å². The van der Waals surface area contributed by atoms with Gasteiger partial charge in [0.1, 0.15) is 6.17 Å². The van der Waals surface area contributed by atoms with Gasteiger partial charge in [-0.15, -0.1) is 0 Å². The standard InChI is InChI=1S/C14H17F3N2O/c1-20-9-3-7-19-8-6-18-13(19)11-4-2-5-12(10-11)14(15,16)17/h2,4-6,8,10,13,18H,3,7,9H2,1H3. The summed E-state index contributed by atoms with van der Waals surface area (Å²) in [7, 11) is 1.63. The molecule has 110 valence electrons. The molecule has 0 aliphatic carbocycles. The second-order valence-electron chi connectivity index (χ2n) is 4.59. The van der Waals surface area contributed by atoms with Crippen molar-refractivity contribution in [2.45, 2.75) is 18.8 Å². The van der Waals surface area contributed by atoms with Crippen LogP contribution in [0.25, 0.3) is 0 Å². The lowest BCUT2D eigenvalue weighted by molar-refractivity contribution is -0.137. The number of methoxy groups -OCH3 is 1. The van der Waals surface area contributed by atoms with Crippen molar-refractivity contribution in [2.75, 3.05) is 20.3 Å². The van der Waals surface area contributed by atoms with E-state index in [1.54, 1.807) is 19.4 Å². The van der Waals surface area contributed by atoms with Gasteiger partial charge in [-0.1, -0.05) is 12.1 Å². The predicted octanol–water partition coefficient (Wildman–Crippen LogP) is 3.12. The number of hydrogen-bond acceptors (Lipinski definition) is 3. The number of halogens is 3. The third-order valence-electron chi connectivity index (χ3n) is 3.15. The lowest BCUT2D eigenvalue weighted by Crippen LogP contribution is -2.28. The first kappa shape index (κ1) is 14.7. The maximum absolute atomic E-state index is 12.7. The van der Waals surface area contributed by atoms with Gasteiger partial charge in [0.15, 0.2) is 0 Å². The van der Waals surface area contributed by atoms with Crippen molar-refractivity contribution in [3.05, 3.63) is 47.8 Å². The van der Waals surface area contributed by atoms with Gasteiger partial charge < -0.3 is 15.0 Å². The van der Waals surface area contributed by atoms with Crippen molar-refractivity contribution in [3.63, 3.8) is 0 Å². The van der Waals surface area contributed by atoms with E-state index in [1.807, 2.05) is 11.1 Å². The quantitative estimate of drug-likeness (QED) is 0.842. The molecule has 0 bridgehead atoms. The normalized spacial score (nSPS) is 18.4. The van der Waals surface area contributed by atoms with Gasteiger partial charge in [-0.2, -0.15) is 13.2 Å². The van der Waals surface area contributed by atoms with Crippen LogP contribution >= 0.6 is 0 Å². The summed E-state index contributed by atoms with van der Waals surface area (Å²) in [5.41, 5.74) is -0.0252. The van der Waals surface area contributed by atoms with Crippen LogP contribution in [0, 0.1) is 0 Å². The Kier molecular flexibility index (Phi) is 4.54. The molecular formula is C14H17F3N2O. The summed E-state index contributed by atoms with van der Waals surface area (Å²) in [6, 6.07) is 5.41. The molecule has 0 spiro atoms. The average Bonchev–Trinajstić information content (AvgIpc) is 2.87. The maximum Gasteiger partial charge on any atom is 0.416 e. The molecule has 1 aliphatic heterocycles. The Hall–Kier alpha value is -1.69. The Morgan fingerprint density at radius 1 is 1.35 bits per heavy atom. The van der Waals surface area contributed by atoms with E-state index >= 15 is 0 Å². The van der Waals surface area contributed by atoms with E-state index in [0.29, 0.717) is 12.2 Å². The highest BCUT2D eigenvalue weighted by molar-refractivity contribution is 5.29. The molecule has 0 saturated heterocycles. The fourth-order valence-electron chi connectivity index (χ4n) is 2.18. The fourth-order valence-corrected chi connectivity index (χ4v) is 2.18. The van der Waals surface area contributed by atoms with E-state index in [4.69, 9.17) is 4.74 Å². The molecular weight excluding hydrogens is 269 g/mol. The van der Waals surface area contributed by atoms with E-state index in [-0.39, 0.29) is 6.17 Å². The first-order valence-corrected chi connectivity index (χ1v) is 6.37. The van der Waals surface area contributed by atoms with Crippen molar-refractivity contribution in [3.8, 4) is 0 Å². The van der Waals surface area contributed by atoms with Gasteiger partial charge in [0.05, 0.1) is 5.56 Å². The molecule has 0 amide bonds. The largest absolute Gasteiger partial charge is 0.416 e. The molecule has 1 unspecified atom stereocenters. The second-order valence-corrected chi connectivity index (χ2v) is 4.59. The van der Waals surface area contributed by atoms with Crippen LogP contribution in [0.2, 0.25) is 0 Å². The topological polar surface area (TPSA) is 24.5 Å². The first-order valence-electron chi connectivity index (χ1n) is 6.37. The Morgan fingerprint density at radius 3 is 2.85 bits per heavy atom.